The van der Waals surface area contributed by atoms with Crippen molar-refractivity contribution in [1.82, 2.24) is 0 Å². The van der Waals surface area contributed by atoms with Crippen molar-refractivity contribution in [3.05, 3.63) is 35.4 Å². The average molecular weight is 172 g/mol. The fourth-order valence-electron chi connectivity index (χ4n) is 1.21. The van der Waals surface area contributed by atoms with Crippen LogP contribution in [-0.4, -0.2) is 18.2 Å². The third kappa shape index (κ3) is 1.54. The highest BCUT2D eigenvalue weighted by Gasteiger charge is 2.05. The monoisotopic (exact) mass is 172 g/mol. The number of aldehydes is 1. The number of rotatable bonds is 2. The Balaban J connectivity index is 2.28. The van der Waals surface area contributed by atoms with Gasteiger partial charge in [0.05, 0.1) is 5.71 Å². The second-order valence-corrected chi connectivity index (χ2v) is 2.79. The predicted molar refractivity (Wildman–Crippen MR) is 51.5 cm³/mol. The van der Waals surface area contributed by atoms with Crippen molar-refractivity contribution in [3.8, 4) is 0 Å². The Hall–Kier alpha value is -1.77. The molecule has 0 aliphatic carbocycles. The number of nitrogens with zero attached hydrogens (tertiary/aromatic N) is 2. The Bertz CT molecular complexity index is 376. The largest absolute Gasteiger partial charge is 0.298 e. The van der Waals surface area contributed by atoms with Crippen LogP contribution in [0.4, 0.5) is 0 Å². The zero-order valence-corrected chi connectivity index (χ0v) is 6.97. The van der Waals surface area contributed by atoms with Gasteiger partial charge in [0, 0.05) is 18.2 Å². The lowest BCUT2D eigenvalue weighted by Crippen LogP contribution is -1.97. The summed E-state index contributed by atoms with van der Waals surface area (Å²) in [5.41, 5.74) is 2.67. The Morgan fingerprint density at radius 1 is 1.23 bits per heavy atom. The van der Waals surface area contributed by atoms with Gasteiger partial charge in [0.2, 0.25) is 0 Å². The van der Waals surface area contributed by atoms with Gasteiger partial charge < -0.3 is 0 Å². The van der Waals surface area contributed by atoms with Crippen LogP contribution in [0.1, 0.15) is 22.3 Å². The van der Waals surface area contributed by atoms with Gasteiger partial charge in [-0.1, -0.05) is 24.3 Å². The molecule has 0 unspecified atom stereocenters. The molecule has 0 atom stereocenters. The molecule has 64 valence electrons. The summed E-state index contributed by atoms with van der Waals surface area (Å²) < 4.78 is 0. The maximum Gasteiger partial charge on any atom is 0.150 e. The van der Waals surface area contributed by atoms with E-state index >= 15 is 0 Å². The van der Waals surface area contributed by atoms with Gasteiger partial charge in [-0.25, -0.2) is 0 Å². The van der Waals surface area contributed by atoms with E-state index in [9.17, 15) is 4.79 Å². The highest BCUT2D eigenvalue weighted by atomic mass is 16.1. The topological polar surface area (TPSA) is 41.8 Å². The molecular formula is C10H8N2O. The molecule has 0 aromatic heterocycles. The van der Waals surface area contributed by atoms with Gasteiger partial charge in [0.15, 0.2) is 0 Å². The van der Waals surface area contributed by atoms with E-state index in [1.54, 1.807) is 18.3 Å². The third-order valence-corrected chi connectivity index (χ3v) is 1.92. The average Bonchev–Trinajstić information content (AvgIpc) is 2.71. The number of benzene rings is 1. The smallest absolute Gasteiger partial charge is 0.150 e. The molecule has 3 heteroatoms. The first-order valence-electron chi connectivity index (χ1n) is 4.04. The summed E-state index contributed by atoms with van der Waals surface area (Å²) in [6, 6.07) is 7.33. The van der Waals surface area contributed by atoms with Gasteiger partial charge in [0.1, 0.15) is 6.29 Å². The molecule has 0 radical (unpaired) electrons. The van der Waals surface area contributed by atoms with Crippen LogP contribution in [0.5, 0.6) is 0 Å². The fraction of sp³-hybridized carbons (Fsp3) is 0.100. The molecule has 0 N–H and O–H groups in total. The van der Waals surface area contributed by atoms with E-state index in [2.05, 4.69) is 10.2 Å². The van der Waals surface area contributed by atoms with E-state index < -0.39 is 0 Å². The van der Waals surface area contributed by atoms with Gasteiger partial charge in [-0.3, -0.25) is 4.79 Å². The van der Waals surface area contributed by atoms with Crippen LogP contribution >= 0.6 is 0 Å². The number of carbonyl (C=O) groups is 1. The predicted octanol–water partition coefficient (Wildman–Crippen LogP) is 1.68. The van der Waals surface area contributed by atoms with Crippen molar-refractivity contribution in [1.29, 1.82) is 0 Å². The standard InChI is InChI=1S/C10H8N2O/c13-7-8-1-3-9(4-2-8)10-5-6-11-12-10/h1-4,6-7H,5H2. The first kappa shape index (κ1) is 7.86. The van der Waals surface area contributed by atoms with Crippen molar-refractivity contribution in [3.63, 3.8) is 0 Å². The maximum absolute atomic E-state index is 10.4. The van der Waals surface area contributed by atoms with Crippen molar-refractivity contribution in [2.45, 2.75) is 6.42 Å². The summed E-state index contributed by atoms with van der Waals surface area (Å²) in [5.74, 6) is 0. The molecule has 1 aliphatic heterocycles. The summed E-state index contributed by atoms with van der Waals surface area (Å²) in [6.45, 7) is 0. The molecule has 0 bridgehead atoms. The maximum atomic E-state index is 10.4. The zero-order chi connectivity index (χ0) is 9.10. The van der Waals surface area contributed by atoms with Crippen LogP contribution in [0.2, 0.25) is 0 Å². The van der Waals surface area contributed by atoms with E-state index in [4.69, 9.17) is 0 Å². The van der Waals surface area contributed by atoms with Crippen LogP contribution < -0.4 is 0 Å². The Morgan fingerprint density at radius 3 is 2.54 bits per heavy atom. The molecule has 1 aromatic carbocycles. The normalized spacial score (nSPS) is 14.3. The fourth-order valence-corrected chi connectivity index (χ4v) is 1.21. The van der Waals surface area contributed by atoms with Gasteiger partial charge in [-0.15, -0.1) is 0 Å². The van der Waals surface area contributed by atoms with Crippen LogP contribution in [0.3, 0.4) is 0 Å². The SMILES string of the molecule is O=Cc1ccc(C2=NN=CC2)cc1. The molecule has 2 rings (SSSR count). The highest BCUT2D eigenvalue weighted by molar-refractivity contribution is 6.09. The van der Waals surface area contributed by atoms with Crippen LogP contribution in [0.15, 0.2) is 34.5 Å². The summed E-state index contributed by atoms with van der Waals surface area (Å²) in [4.78, 5) is 10.4. The molecular weight excluding hydrogens is 164 g/mol. The van der Waals surface area contributed by atoms with Crippen molar-refractivity contribution < 1.29 is 4.79 Å². The number of hydrogen-bond donors (Lipinski definition) is 0. The molecule has 0 spiro atoms. The molecule has 1 heterocycles. The van der Waals surface area contributed by atoms with Gasteiger partial charge >= 0.3 is 0 Å². The summed E-state index contributed by atoms with van der Waals surface area (Å²) in [5, 5.41) is 7.74. The van der Waals surface area contributed by atoms with Gasteiger partial charge in [-0.2, -0.15) is 10.2 Å². The molecule has 1 aliphatic rings. The number of carbonyl (C=O) groups excluding carboxylic acids is 1. The lowest BCUT2D eigenvalue weighted by Gasteiger charge is -1.98. The van der Waals surface area contributed by atoms with E-state index in [1.165, 1.54) is 0 Å². The van der Waals surface area contributed by atoms with E-state index in [1.807, 2.05) is 12.1 Å². The van der Waals surface area contributed by atoms with Crippen LogP contribution in [0, 0.1) is 0 Å². The van der Waals surface area contributed by atoms with Gasteiger partial charge in [0.25, 0.3) is 0 Å². The lowest BCUT2D eigenvalue weighted by atomic mass is 10.1. The Morgan fingerprint density at radius 2 is 2.00 bits per heavy atom. The van der Waals surface area contributed by atoms with E-state index in [0.29, 0.717) is 5.56 Å². The zero-order valence-electron chi connectivity index (χ0n) is 6.97. The van der Waals surface area contributed by atoms with Crippen LogP contribution in [-0.2, 0) is 0 Å². The third-order valence-electron chi connectivity index (χ3n) is 1.92. The minimum atomic E-state index is 0.684. The second-order valence-electron chi connectivity index (χ2n) is 2.79. The van der Waals surface area contributed by atoms with E-state index in [-0.39, 0.29) is 0 Å². The van der Waals surface area contributed by atoms with E-state index in [0.717, 1.165) is 24.0 Å². The first-order chi connectivity index (χ1) is 6.40. The quantitative estimate of drug-likeness (QED) is 0.626. The summed E-state index contributed by atoms with van der Waals surface area (Å²) >= 11 is 0. The minimum Gasteiger partial charge on any atom is -0.298 e. The number of hydrogen-bond acceptors (Lipinski definition) is 3. The van der Waals surface area contributed by atoms with Crippen molar-refractivity contribution in [2.24, 2.45) is 10.2 Å². The molecule has 1 aromatic rings. The molecule has 0 saturated carbocycles. The highest BCUT2D eigenvalue weighted by Crippen LogP contribution is 2.09. The first-order valence-corrected chi connectivity index (χ1v) is 4.04. The van der Waals surface area contributed by atoms with Crippen molar-refractivity contribution >= 4 is 18.2 Å². The van der Waals surface area contributed by atoms with Gasteiger partial charge in [-0.05, 0) is 5.56 Å². The summed E-state index contributed by atoms with van der Waals surface area (Å²) in [7, 11) is 0. The molecule has 0 saturated heterocycles. The van der Waals surface area contributed by atoms with Crippen molar-refractivity contribution in [2.75, 3.05) is 0 Å². The molecule has 13 heavy (non-hydrogen) atoms. The second kappa shape index (κ2) is 3.31. The lowest BCUT2D eigenvalue weighted by molar-refractivity contribution is 0.112. The molecule has 0 fully saturated rings. The van der Waals surface area contributed by atoms with Crippen LogP contribution in [0.25, 0.3) is 0 Å². The summed E-state index contributed by atoms with van der Waals surface area (Å²) in [6.07, 6.45) is 3.38. The minimum absolute atomic E-state index is 0.684. The Kier molecular flexibility index (Phi) is 2.00. The Labute approximate surface area is 75.8 Å². The molecule has 0 amide bonds. The molecule has 3 nitrogen and oxygen atoms in total.